The number of benzene rings is 1. The number of hydrogen-bond acceptors (Lipinski definition) is 4. The molecule has 0 saturated heterocycles. The van der Waals surface area contributed by atoms with Crippen LogP contribution < -0.4 is 10.5 Å². The van der Waals surface area contributed by atoms with Gasteiger partial charge in [0.25, 0.3) is 0 Å². The minimum Gasteiger partial charge on any atom is -0.495 e. The van der Waals surface area contributed by atoms with E-state index in [0.717, 1.165) is 13.0 Å². The zero-order valence-corrected chi connectivity index (χ0v) is 9.94. The topological polar surface area (TPSA) is 58.7 Å². The van der Waals surface area contributed by atoms with E-state index in [9.17, 15) is 0 Å². The van der Waals surface area contributed by atoms with Gasteiger partial charge >= 0.3 is 0 Å². The Labute approximate surface area is 96.6 Å². The quantitative estimate of drug-likeness (QED) is 0.700. The molecule has 4 nitrogen and oxygen atoms in total. The molecule has 0 amide bonds. The number of nitrogens with two attached hydrogens (primary N) is 1. The van der Waals surface area contributed by atoms with Crippen LogP contribution in [-0.2, 0) is 6.42 Å². The molecule has 1 aromatic carbocycles. The molecule has 0 aliphatic heterocycles. The number of likely N-dealkylation sites (N-methyl/N-ethyl adjacent to an activating group) is 1. The van der Waals surface area contributed by atoms with Crippen LogP contribution in [0.5, 0.6) is 5.75 Å². The smallest absolute Gasteiger partial charge is 0.141 e. The summed E-state index contributed by atoms with van der Waals surface area (Å²) in [5.74, 6) is 0.715. The summed E-state index contributed by atoms with van der Waals surface area (Å²) in [5, 5.41) is 8.77. The van der Waals surface area contributed by atoms with Crippen LogP contribution in [0, 0.1) is 0 Å². The molecule has 16 heavy (non-hydrogen) atoms. The van der Waals surface area contributed by atoms with Crippen molar-refractivity contribution in [2.45, 2.75) is 6.42 Å². The van der Waals surface area contributed by atoms with Gasteiger partial charge in [0.05, 0.1) is 19.4 Å². The van der Waals surface area contributed by atoms with Crippen molar-refractivity contribution in [2.24, 2.45) is 0 Å². The van der Waals surface area contributed by atoms with Crippen molar-refractivity contribution >= 4 is 5.69 Å². The molecule has 0 aliphatic carbocycles. The Bertz CT molecular complexity index is 329. The number of aliphatic hydroxyl groups is 1. The Morgan fingerprint density at radius 3 is 2.69 bits per heavy atom. The molecule has 4 heteroatoms. The van der Waals surface area contributed by atoms with Crippen LogP contribution in [0.3, 0.4) is 0 Å². The van der Waals surface area contributed by atoms with E-state index in [4.69, 9.17) is 15.6 Å². The summed E-state index contributed by atoms with van der Waals surface area (Å²) in [5.41, 5.74) is 7.67. The van der Waals surface area contributed by atoms with E-state index in [0.29, 0.717) is 18.0 Å². The van der Waals surface area contributed by atoms with Gasteiger partial charge in [-0.3, -0.25) is 0 Å². The molecule has 0 heterocycles. The number of ether oxygens (including phenoxy) is 1. The molecular formula is C12H20N2O2. The van der Waals surface area contributed by atoms with Crippen molar-refractivity contribution in [3.8, 4) is 5.75 Å². The number of aliphatic hydroxyl groups excluding tert-OH is 1. The van der Waals surface area contributed by atoms with E-state index < -0.39 is 0 Å². The van der Waals surface area contributed by atoms with E-state index in [1.165, 1.54) is 5.56 Å². The van der Waals surface area contributed by atoms with E-state index in [-0.39, 0.29) is 6.61 Å². The number of rotatable bonds is 6. The molecule has 0 atom stereocenters. The molecule has 0 radical (unpaired) electrons. The molecule has 1 aromatic rings. The Hall–Kier alpha value is -1.26. The second-order valence-electron chi connectivity index (χ2n) is 3.85. The highest BCUT2D eigenvalue weighted by Gasteiger charge is 2.02. The first-order valence-electron chi connectivity index (χ1n) is 5.39. The number of anilines is 1. The summed E-state index contributed by atoms with van der Waals surface area (Å²) in [6, 6.07) is 5.84. The predicted molar refractivity (Wildman–Crippen MR) is 65.7 cm³/mol. The van der Waals surface area contributed by atoms with Gasteiger partial charge in [-0.1, -0.05) is 6.07 Å². The Kier molecular flexibility index (Phi) is 5.08. The van der Waals surface area contributed by atoms with Crippen molar-refractivity contribution in [3.05, 3.63) is 23.8 Å². The second kappa shape index (κ2) is 6.35. The van der Waals surface area contributed by atoms with E-state index in [1.807, 2.05) is 25.2 Å². The number of nitrogen functional groups attached to an aromatic ring is 1. The minimum atomic E-state index is 0.196. The maximum absolute atomic E-state index is 8.77. The number of methoxy groups -OCH3 is 1. The van der Waals surface area contributed by atoms with E-state index in [1.54, 1.807) is 7.11 Å². The van der Waals surface area contributed by atoms with Crippen LogP contribution in [-0.4, -0.2) is 43.9 Å². The lowest BCUT2D eigenvalue weighted by Gasteiger charge is -2.15. The molecule has 1 rings (SSSR count). The van der Waals surface area contributed by atoms with Gasteiger partial charge in [-0.2, -0.15) is 0 Å². The summed E-state index contributed by atoms with van der Waals surface area (Å²) in [6.45, 7) is 1.80. The SMILES string of the molecule is COc1ccc(CCN(C)CCO)cc1N. The molecule has 0 unspecified atom stereocenters. The summed E-state index contributed by atoms with van der Waals surface area (Å²) in [4.78, 5) is 2.08. The van der Waals surface area contributed by atoms with Gasteiger partial charge in [-0.05, 0) is 31.2 Å². The van der Waals surface area contributed by atoms with Crippen LogP contribution in [0.15, 0.2) is 18.2 Å². The van der Waals surface area contributed by atoms with Crippen molar-refractivity contribution in [1.29, 1.82) is 0 Å². The third-order valence-corrected chi connectivity index (χ3v) is 2.56. The number of hydrogen-bond donors (Lipinski definition) is 2. The normalized spacial score (nSPS) is 10.8. The fourth-order valence-corrected chi connectivity index (χ4v) is 1.54. The fraction of sp³-hybridized carbons (Fsp3) is 0.500. The van der Waals surface area contributed by atoms with Crippen LogP contribution in [0.2, 0.25) is 0 Å². The zero-order chi connectivity index (χ0) is 12.0. The highest BCUT2D eigenvalue weighted by Crippen LogP contribution is 2.22. The maximum Gasteiger partial charge on any atom is 0.141 e. The second-order valence-corrected chi connectivity index (χ2v) is 3.85. The average molecular weight is 224 g/mol. The maximum atomic E-state index is 8.77. The molecule has 0 spiro atoms. The Morgan fingerprint density at radius 1 is 1.38 bits per heavy atom. The standard InChI is InChI=1S/C12H20N2O2/c1-14(7-8-15)6-5-10-3-4-12(16-2)11(13)9-10/h3-4,9,15H,5-8,13H2,1-2H3. The minimum absolute atomic E-state index is 0.196. The largest absolute Gasteiger partial charge is 0.495 e. The first-order chi connectivity index (χ1) is 7.67. The fourth-order valence-electron chi connectivity index (χ4n) is 1.54. The molecule has 0 aliphatic rings. The van der Waals surface area contributed by atoms with E-state index in [2.05, 4.69) is 4.90 Å². The third-order valence-electron chi connectivity index (χ3n) is 2.56. The summed E-state index contributed by atoms with van der Waals surface area (Å²) >= 11 is 0. The molecule has 0 aromatic heterocycles. The molecule has 90 valence electrons. The van der Waals surface area contributed by atoms with Gasteiger partial charge in [0.2, 0.25) is 0 Å². The lowest BCUT2D eigenvalue weighted by atomic mass is 10.1. The van der Waals surface area contributed by atoms with Gasteiger partial charge in [0.15, 0.2) is 0 Å². The van der Waals surface area contributed by atoms with Crippen LogP contribution in [0.1, 0.15) is 5.56 Å². The average Bonchev–Trinajstić information content (AvgIpc) is 2.27. The number of nitrogens with zero attached hydrogens (tertiary/aromatic N) is 1. The lowest BCUT2D eigenvalue weighted by molar-refractivity contribution is 0.223. The van der Waals surface area contributed by atoms with Crippen molar-refractivity contribution in [1.82, 2.24) is 4.90 Å². The highest BCUT2D eigenvalue weighted by atomic mass is 16.5. The molecule has 0 saturated carbocycles. The van der Waals surface area contributed by atoms with Crippen LogP contribution in [0.25, 0.3) is 0 Å². The summed E-state index contributed by atoms with van der Waals surface area (Å²) < 4.78 is 5.10. The molecule has 0 bridgehead atoms. The predicted octanol–water partition coefficient (Wildman–Crippen LogP) is 0.744. The summed E-state index contributed by atoms with van der Waals surface area (Å²) in [7, 11) is 3.60. The highest BCUT2D eigenvalue weighted by molar-refractivity contribution is 5.54. The van der Waals surface area contributed by atoms with Gasteiger partial charge in [-0.15, -0.1) is 0 Å². The van der Waals surface area contributed by atoms with Gasteiger partial charge < -0.3 is 20.5 Å². The lowest BCUT2D eigenvalue weighted by Crippen LogP contribution is -2.24. The van der Waals surface area contributed by atoms with Crippen LogP contribution >= 0.6 is 0 Å². The first-order valence-corrected chi connectivity index (χ1v) is 5.39. The zero-order valence-electron chi connectivity index (χ0n) is 9.94. The molecule has 0 fully saturated rings. The van der Waals surface area contributed by atoms with Crippen molar-refractivity contribution in [3.63, 3.8) is 0 Å². The Balaban J connectivity index is 2.51. The third kappa shape index (κ3) is 3.72. The van der Waals surface area contributed by atoms with Gasteiger partial charge in [0.1, 0.15) is 5.75 Å². The monoisotopic (exact) mass is 224 g/mol. The van der Waals surface area contributed by atoms with Gasteiger partial charge in [-0.25, -0.2) is 0 Å². The van der Waals surface area contributed by atoms with Crippen LogP contribution in [0.4, 0.5) is 5.69 Å². The Morgan fingerprint density at radius 2 is 2.12 bits per heavy atom. The van der Waals surface area contributed by atoms with Crippen molar-refractivity contribution in [2.75, 3.05) is 39.6 Å². The first kappa shape index (κ1) is 12.8. The molecule has 3 N–H and O–H groups in total. The van der Waals surface area contributed by atoms with Crippen molar-refractivity contribution < 1.29 is 9.84 Å². The summed E-state index contributed by atoms with van der Waals surface area (Å²) in [6.07, 6.45) is 0.921. The van der Waals surface area contributed by atoms with E-state index >= 15 is 0 Å². The van der Waals surface area contributed by atoms with Gasteiger partial charge in [0, 0.05) is 13.1 Å². The molecular weight excluding hydrogens is 204 g/mol.